The van der Waals surface area contributed by atoms with Crippen molar-refractivity contribution in [2.75, 3.05) is 13.2 Å². The second kappa shape index (κ2) is 10.4. The maximum atomic E-state index is 14.1. The first-order valence-corrected chi connectivity index (χ1v) is 17.9. The number of hydrogen-bond donors (Lipinski definition) is 4. The normalized spacial score (nSPS) is 42.0. The molecule has 38 heavy (non-hydrogen) atoms. The molecule has 0 aromatic rings. The van der Waals surface area contributed by atoms with Crippen molar-refractivity contribution >= 4 is 14.1 Å². The molecule has 5 unspecified atom stereocenters. The first-order valence-electron chi connectivity index (χ1n) is 15.0. The zero-order valence-electron chi connectivity index (χ0n) is 25.0. The van der Waals surface area contributed by atoms with Crippen LogP contribution in [0.2, 0.25) is 18.1 Å². The molecule has 3 saturated carbocycles. The average Bonchev–Trinajstić information content (AvgIpc) is 3.17. The number of allylic oxidation sites excluding steroid dienone is 2. The third-order valence-corrected chi connectivity index (χ3v) is 16.9. The fraction of sp³-hybridized carbons (Fsp3) is 0.903. The Bertz CT molecular complexity index is 926. The predicted molar refractivity (Wildman–Crippen MR) is 152 cm³/mol. The van der Waals surface area contributed by atoms with Gasteiger partial charge in [0.05, 0.1) is 25.4 Å². The number of aliphatic hydroxyl groups is 4. The largest absolute Gasteiger partial charge is 0.414 e. The zero-order valence-corrected chi connectivity index (χ0v) is 26.0. The summed E-state index contributed by atoms with van der Waals surface area (Å²) in [5, 5.41) is 40.5. The molecule has 0 aromatic carbocycles. The molecule has 0 radical (unpaired) electrons. The Hall–Kier alpha value is -0.573. The summed E-state index contributed by atoms with van der Waals surface area (Å²) < 4.78 is 7.32. The van der Waals surface area contributed by atoms with E-state index in [2.05, 4.69) is 54.6 Å². The highest BCUT2D eigenvalue weighted by atomic mass is 28.4. The van der Waals surface area contributed by atoms with Crippen LogP contribution in [0.5, 0.6) is 0 Å². The smallest absolute Gasteiger partial charge is 0.192 e. The molecule has 6 nitrogen and oxygen atoms in total. The Kier molecular flexibility index (Phi) is 8.29. The lowest BCUT2D eigenvalue weighted by molar-refractivity contribution is -0.153. The van der Waals surface area contributed by atoms with Gasteiger partial charge in [-0.2, -0.15) is 0 Å². The van der Waals surface area contributed by atoms with Gasteiger partial charge in [-0.05, 0) is 97.2 Å². The van der Waals surface area contributed by atoms with Gasteiger partial charge in [0.1, 0.15) is 0 Å². The van der Waals surface area contributed by atoms with Gasteiger partial charge in [-0.25, -0.2) is 0 Å². The lowest BCUT2D eigenvalue weighted by atomic mass is 9.45. The highest BCUT2D eigenvalue weighted by Crippen LogP contribution is 2.68. The van der Waals surface area contributed by atoms with Gasteiger partial charge in [-0.1, -0.05) is 47.1 Å². The van der Waals surface area contributed by atoms with Crippen LogP contribution in [-0.4, -0.2) is 66.1 Å². The van der Waals surface area contributed by atoms with Crippen LogP contribution >= 0.6 is 0 Å². The third kappa shape index (κ3) is 4.81. The van der Waals surface area contributed by atoms with E-state index in [-0.39, 0.29) is 76.5 Å². The van der Waals surface area contributed by atoms with Crippen molar-refractivity contribution < 1.29 is 29.6 Å². The van der Waals surface area contributed by atoms with E-state index < -0.39 is 20.5 Å². The van der Waals surface area contributed by atoms with Crippen molar-refractivity contribution in [3.63, 3.8) is 0 Å². The van der Waals surface area contributed by atoms with Crippen molar-refractivity contribution in [1.29, 1.82) is 0 Å². The van der Waals surface area contributed by atoms with E-state index in [4.69, 9.17) is 4.43 Å². The molecule has 0 amide bonds. The zero-order chi connectivity index (χ0) is 28.4. The van der Waals surface area contributed by atoms with Gasteiger partial charge < -0.3 is 24.9 Å². The van der Waals surface area contributed by atoms with Crippen LogP contribution in [0.4, 0.5) is 0 Å². The summed E-state index contributed by atoms with van der Waals surface area (Å²) in [6.07, 6.45) is 5.52. The fourth-order valence-electron chi connectivity index (χ4n) is 8.99. The van der Waals surface area contributed by atoms with Crippen molar-refractivity contribution in [3.8, 4) is 0 Å². The molecule has 4 rings (SSSR count). The molecular formula is C31H54O6Si. The lowest BCUT2D eigenvalue weighted by Crippen LogP contribution is -2.62. The minimum atomic E-state index is -2.17. The van der Waals surface area contributed by atoms with E-state index in [0.717, 1.165) is 37.7 Å². The minimum absolute atomic E-state index is 0.0195. The van der Waals surface area contributed by atoms with Gasteiger partial charge in [0.2, 0.25) is 0 Å². The van der Waals surface area contributed by atoms with Crippen molar-refractivity contribution in [2.45, 2.75) is 117 Å². The molecule has 0 bridgehead atoms. The van der Waals surface area contributed by atoms with E-state index in [1.807, 2.05) is 6.08 Å². The van der Waals surface area contributed by atoms with Crippen molar-refractivity contribution in [2.24, 2.45) is 46.3 Å². The van der Waals surface area contributed by atoms with Crippen LogP contribution in [0.3, 0.4) is 0 Å². The Labute approximate surface area is 231 Å². The Morgan fingerprint density at radius 1 is 1.11 bits per heavy atom. The van der Waals surface area contributed by atoms with Crippen molar-refractivity contribution in [3.05, 3.63) is 11.6 Å². The molecule has 0 heterocycles. The molecule has 0 saturated heterocycles. The van der Waals surface area contributed by atoms with Crippen LogP contribution in [0, 0.1) is 46.3 Å². The second-order valence-corrected chi connectivity index (χ2v) is 20.1. The predicted octanol–water partition coefficient (Wildman–Crippen LogP) is 4.70. The SMILES string of the molecule is CC(C(O)CO)[C@H]1CC[C@H]2[C@@H]3C(=O)C=C4CC(C(O)CO)CC[C@]4(C)[C@H]3C(O[Si](C)(C)C(C)(C)C)C[C@]12C. The first kappa shape index (κ1) is 30.4. The monoisotopic (exact) mass is 550 g/mol. The molecule has 0 spiro atoms. The molecule has 0 aromatic heterocycles. The third-order valence-electron chi connectivity index (χ3n) is 12.4. The maximum Gasteiger partial charge on any atom is 0.192 e. The lowest BCUT2D eigenvalue weighted by Gasteiger charge is -2.61. The highest BCUT2D eigenvalue weighted by molar-refractivity contribution is 6.74. The van der Waals surface area contributed by atoms with Gasteiger partial charge in [-0.15, -0.1) is 0 Å². The summed E-state index contributed by atoms with van der Waals surface area (Å²) in [6, 6.07) is 0. The molecule has 0 aliphatic heterocycles. The molecule has 4 aliphatic carbocycles. The Morgan fingerprint density at radius 3 is 2.34 bits per heavy atom. The Morgan fingerprint density at radius 2 is 1.76 bits per heavy atom. The highest BCUT2D eigenvalue weighted by Gasteiger charge is 2.65. The number of aliphatic hydroxyl groups excluding tert-OH is 4. The van der Waals surface area contributed by atoms with Gasteiger partial charge in [-0.3, -0.25) is 4.79 Å². The summed E-state index contributed by atoms with van der Waals surface area (Å²) in [6.45, 7) is 17.7. The van der Waals surface area contributed by atoms with Gasteiger partial charge in [0, 0.05) is 17.9 Å². The van der Waals surface area contributed by atoms with Crippen molar-refractivity contribution in [1.82, 2.24) is 0 Å². The van der Waals surface area contributed by atoms with Crippen LogP contribution in [0.15, 0.2) is 11.6 Å². The number of carbonyl (C=O) groups is 1. The van der Waals surface area contributed by atoms with Crippen LogP contribution in [0.25, 0.3) is 0 Å². The number of rotatable bonds is 7. The molecule has 4 aliphatic rings. The second-order valence-electron chi connectivity index (χ2n) is 15.3. The summed E-state index contributed by atoms with van der Waals surface area (Å²) >= 11 is 0. The van der Waals surface area contributed by atoms with Crippen LogP contribution in [0.1, 0.15) is 80.1 Å². The molecule has 218 valence electrons. The first-order chi connectivity index (χ1) is 17.5. The van der Waals surface area contributed by atoms with Gasteiger partial charge in [0.15, 0.2) is 14.1 Å². The summed E-state index contributed by atoms with van der Waals surface area (Å²) in [5.74, 6) is 0.573. The minimum Gasteiger partial charge on any atom is -0.414 e. The number of ketones is 1. The summed E-state index contributed by atoms with van der Waals surface area (Å²) in [7, 11) is -2.17. The molecular weight excluding hydrogens is 496 g/mol. The number of carbonyl (C=O) groups excluding carboxylic acids is 1. The van der Waals surface area contributed by atoms with Crippen LogP contribution < -0.4 is 0 Å². The summed E-state index contributed by atoms with van der Waals surface area (Å²) in [5.41, 5.74) is 0.816. The topological polar surface area (TPSA) is 107 Å². The fourth-order valence-corrected chi connectivity index (χ4v) is 10.3. The molecule has 7 heteroatoms. The number of fused-ring (bicyclic) bond motifs is 5. The average molecular weight is 551 g/mol. The molecule has 4 N–H and O–H groups in total. The van der Waals surface area contributed by atoms with Gasteiger partial charge in [0.25, 0.3) is 0 Å². The Balaban J connectivity index is 1.79. The van der Waals surface area contributed by atoms with E-state index in [1.54, 1.807) is 0 Å². The maximum absolute atomic E-state index is 14.1. The van der Waals surface area contributed by atoms with E-state index in [9.17, 15) is 25.2 Å². The quantitative estimate of drug-likeness (QED) is 0.342. The summed E-state index contributed by atoms with van der Waals surface area (Å²) in [4.78, 5) is 14.1. The number of hydrogen-bond acceptors (Lipinski definition) is 6. The van der Waals surface area contributed by atoms with E-state index in [1.165, 1.54) is 0 Å². The van der Waals surface area contributed by atoms with Gasteiger partial charge >= 0.3 is 0 Å². The van der Waals surface area contributed by atoms with E-state index >= 15 is 0 Å². The van der Waals surface area contributed by atoms with E-state index in [0.29, 0.717) is 6.42 Å². The molecule has 3 fully saturated rings. The molecule has 11 atom stereocenters. The standard InChI is InChI=1S/C31H54O6Si/c1-18(24(35)16-32)21-9-10-22-27-23(34)14-20-13-19(25(36)17-33)11-12-30(20,5)28(27)26(15-31(21,22)6)37-38(7,8)29(2,3)4/h14,18-19,21-22,24-28,32-33,35-36H,9-13,15-17H2,1-8H3/t18?,19?,21-,22+,24?,25?,26?,27-,28+,30+,31-/m1/s1. The van der Waals surface area contributed by atoms with Crippen LogP contribution in [-0.2, 0) is 9.22 Å².